The van der Waals surface area contributed by atoms with E-state index < -0.39 is 0 Å². The molecule has 0 spiro atoms. The van der Waals surface area contributed by atoms with E-state index in [0.717, 1.165) is 13.1 Å². The third kappa shape index (κ3) is 2.76. The highest BCUT2D eigenvalue weighted by atomic mass is 16.5. The molecule has 3 heteroatoms. The van der Waals surface area contributed by atoms with E-state index in [2.05, 4.69) is 4.90 Å². The van der Waals surface area contributed by atoms with Gasteiger partial charge in [0.05, 0.1) is 6.10 Å². The maximum atomic E-state index is 6.00. The summed E-state index contributed by atoms with van der Waals surface area (Å²) < 4.78 is 5.48. The average molecular weight is 226 g/mol. The van der Waals surface area contributed by atoms with Crippen molar-refractivity contribution < 1.29 is 4.74 Å². The predicted octanol–water partition coefficient (Wildman–Crippen LogP) is 1.62. The Labute approximate surface area is 99.3 Å². The van der Waals surface area contributed by atoms with Crippen LogP contribution in [-0.4, -0.2) is 44.3 Å². The third-order valence-electron chi connectivity index (χ3n) is 4.45. The minimum atomic E-state index is 0.426. The lowest BCUT2D eigenvalue weighted by molar-refractivity contribution is 0.0157. The number of nitrogens with two attached hydrogens (primary N) is 1. The van der Waals surface area contributed by atoms with E-state index in [0.29, 0.717) is 11.5 Å². The molecule has 0 aromatic rings. The molecule has 0 aromatic heterocycles. The standard InChI is InChI=1S/C13H26N2O/c1-16-12-5-4-8-15(9-12)11-13(10-14)6-2-3-7-13/h12H,2-11,14H2,1H3. The molecule has 1 aliphatic carbocycles. The van der Waals surface area contributed by atoms with E-state index in [9.17, 15) is 0 Å². The zero-order chi connectivity index (χ0) is 11.4. The molecule has 1 unspecified atom stereocenters. The number of piperidine rings is 1. The fraction of sp³-hybridized carbons (Fsp3) is 1.00. The monoisotopic (exact) mass is 226 g/mol. The van der Waals surface area contributed by atoms with E-state index in [4.69, 9.17) is 10.5 Å². The van der Waals surface area contributed by atoms with Crippen molar-refractivity contribution in [2.45, 2.75) is 44.6 Å². The predicted molar refractivity (Wildman–Crippen MR) is 66.4 cm³/mol. The second-order valence-electron chi connectivity index (χ2n) is 5.65. The third-order valence-corrected chi connectivity index (χ3v) is 4.45. The van der Waals surface area contributed by atoms with Gasteiger partial charge in [-0.3, -0.25) is 0 Å². The Morgan fingerprint density at radius 1 is 1.31 bits per heavy atom. The molecule has 1 heterocycles. The summed E-state index contributed by atoms with van der Waals surface area (Å²) in [7, 11) is 1.84. The Balaban J connectivity index is 1.87. The summed E-state index contributed by atoms with van der Waals surface area (Å²) >= 11 is 0. The summed E-state index contributed by atoms with van der Waals surface area (Å²) in [4.78, 5) is 2.58. The zero-order valence-corrected chi connectivity index (χ0v) is 10.6. The van der Waals surface area contributed by atoms with Crippen molar-refractivity contribution in [3.63, 3.8) is 0 Å². The molecule has 1 saturated carbocycles. The minimum Gasteiger partial charge on any atom is -0.380 e. The van der Waals surface area contributed by atoms with Crippen LogP contribution in [-0.2, 0) is 4.74 Å². The molecule has 0 radical (unpaired) electrons. The smallest absolute Gasteiger partial charge is 0.0698 e. The van der Waals surface area contributed by atoms with Crippen LogP contribution in [0.4, 0.5) is 0 Å². The molecular formula is C13H26N2O. The van der Waals surface area contributed by atoms with Gasteiger partial charge in [0.2, 0.25) is 0 Å². The van der Waals surface area contributed by atoms with E-state index >= 15 is 0 Å². The molecule has 1 aliphatic heterocycles. The van der Waals surface area contributed by atoms with E-state index in [1.54, 1.807) is 0 Å². The molecule has 3 nitrogen and oxygen atoms in total. The number of likely N-dealkylation sites (tertiary alicyclic amines) is 1. The minimum absolute atomic E-state index is 0.426. The van der Waals surface area contributed by atoms with Crippen LogP contribution in [0.1, 0.15) is 38.5 Å². The quantitative estimate of drug-likeness (QED) is 0.791. The molecule has 0 aromatic carbocycles. The van der Waals surface area contributed by atoms with E-state index in [1.807, 2.05) is 7.11 Å². The molecule has 2 aliphatic rings. The maximum absolute atomic E-state index is 6.00. The molecule has 16 heavy (non-hydrogen) atoms. The van der Waals surface area contributed by atoms with Gasteiger partial charge >= 0.3 is 0 Å². The number of methoxy groups -OCH3 is 1. The lowest BCUT2D eigenvalue weighted by Crippen LogP contribution is -2.46. The molecule has 0 bridgehead atoms. The van der Waals surface area contributed by atoms with Gasteiger partial charge < -0.3 is 15.4 Å². The summed E-state index contributed by atoms with van der Waals surface area (Å²) in [5.41, 5.74) is 6.42. The van der Waals surface area contributed by atoms with Gasteiger partial charge in [-0.25, -0.2) is 0 Å². The molecule has 1 atom stereocenters. The fourth-order valence-corrected chi connectivity index (χ4v) is 3.38. The number of nitrogens with zero attached hydrogens (tertiary/aromatic N) is 1. The number of hydrogen-bond donors (Lipinski definition) is 1. The van der Waals surface area contributed by atoms with Crippen LogP contribution in [0.5, 0.6) is 0 Å². The second-order valence-corrected chi connectivity index (χ2v) is 5.65. The summed E-state index contributed by atoms with van der Waals surface area (Å²) in [5.74, 6) is 0. The highest BCUT2D eigenvalue weighted by Gasteiger charge is 2.35. The lowest BCUT2D eigenvalue weighted by Gasteiger charge is -2.38. The van der Waals surface area contributed by atoms with Gasteiger partial charge in [0.15, 0.2) is 0 Å². The van der Waals surface area contributed by atoms with Gasteiger partial charge in [0.25, 0.3) is 0 Å². The second kappa shape index (κ2) is 5.48. The van der Waals surface area contributed by atoms with Crippen molar-refractivity contribution in [1.29, 1.82) is 0 Å². The van der Waals surface area contributed by atoms with Crippen LogP contribution in [0.15, 0.2) is 0 Å². The first-order valence-electron chi connectivity index (χ1n) is 6.73. The van der Waals surface area contributed by atoms with Crippen LogP contribution in [0, 0.1) is 5.41 Å². The van der Waals surface area contributed by atoms with Crippen molar-refractivity contribution in [2.24, 2.45) is 11.1 Å². The Hall–Kier alpha value is -0.120. The van der Waals surface area contributed by atoms with Crippen molar-refractivity contribution in [2.75, 3.05) is 33.3 Å². The van der Waals surface area contributed by atoms with E-state index in [-0.39, 0.29) is 0 Å². The molecule has 2 N–H and O–H groups in total. The van der Waals surface area contributed by atoms with Crippen molar-refractivity contribution >= 4 is 0 Å². The molecule has 2 fully saturated rings. The Morgan fingerprint density at radius 3 is 2.69 bits per heavy atom. The lowest BCUT2D eigenvalue weighted by atomic mass is 9.85. The van der Waals surface area contributed by atoms with Gasteiger partial charge in [-0.2, -0.15) is 0 Å². The molecule has 0 amide bonds. The average Bonchev–Trinajstić information content (AvgIpc) is 2.78. The number of hydrogen-bond acceptors (Lipinski definition) is 3. The normalized spacial score (nSPS) is 30.8. The van der Waals surface area contributed by atoms with Crippen molar-refractivity contribution in [3.05, 3.63) is 0 Å². The largest absolute Gasteiger partial charge is 0.380 e. The highest BCUT2D eigenvalue weighted by Crippen LogP contribution is 2.38. The molecule has 2 rings (SSSR count). The SMILES string of the molecule is COC1CCCN(CC2(CN)CCCC2)C1. The summed E-state index contributed by atoms with van der Waals surface area (Å²) in [6.45, 7) is 4.41. The molecular weight excluding hydrogens is 200 g/mol. The van der Waals surface area contributed by atoms with Crippen molar-refractivity contribution in [3.8, 4) is 0 Å². The zero-order valence-electron chi connectivity index (χ0n) is 10.6. The Kier molecular flexibility index (Phi) is 4.22. The molecule has 1 saturated heterocycles. The number of ether oxygens (including phenoxy) is 1. The summed E-state index contributed by atoms with van der Waals surface area (Å²) in [5, 5.41) is 0. The van der Waals surface area contributed by atoms with E-state index in [1.165, 1.54) is 51.6 Å². The van der Waals surface area contributed by atoms with Gasteiger partial charge in [0, 0.05) is 20.2 Å². The Morgan fingerprint density at radius 2 is 2.06 bits per heavy atom. The van der Waals surface area contributed by atoms with Gasteiger partial charge in [-0.05, 0) is 44.2 Å². The van der Waals surface area contributed by atoms with Crippen LogP contribution < -0.4 is 5.73 Å². The Bertz CT molecular complexity index is 214. The maximum Gasteiger partial charge on any atom is 0.0698 e. The van der Waals surface area contributed by atoms with Crippen LogP contribution in [0.3, 0.4) is 0 Å². The first-order valence-corrected chi connectivity index (χ1v) is 6.73. The highest BCUT2D eigenvalue weighted by molar-refractivity contribution is 4.89. The molecule has 94 valence electrons. The van der Waals surface area contributed by atoms with Gasteiger partial charge in [-0.15, -0.1) is 0 Å². The number of rotatable bonds is 4. The summed E-state index contributed by atoms with van der Waals surface area (Å²) in [6, 6.07) is 0. The van der Waals surface area contributed by atoms with Crippen LogP contribution in [0.2, 0.25) is 0 Å². The first kappa shape index (κ1) is 12.3. The fourth-order valence-electron chi connectivity index (χ4n) is 3.38. The van der Waals surface area contributed by atoms with Crippen LogP contribution in [0.25, 0.3) is 0 Å². The van der Waals surface area contributed by atoms with Gasteiger partial charge in [0.1, 0.15) is 0 Å². The van der Waals surface area contributed by atoms with Crippen LogP contribution >= 0.6 is 0 Å². The van der Waals surface area contributed by atoms with Crippen molar-refractivity contribution in [1.82, 2.24) is 4.90 Å². The van der Waals surface area contributed by atoms with Gasteiger partial charge in [-0.1, -0.05) is 12.8 Å². The first-order chi connectivity index (χ1) is 7.78. The topological polar surface area (TPSA) is 38.5 Å². The summed E-state index contributed by atoms with van der Waals surface area (Å²) in [6.07, 6.45) is 8.36.